The molecule has 0 spiro atoms. The van der Waals surface area contributed by atoms with Gasteiger partial charge in [-0.25, -0.2) is 0 Å². The molecule has 1 heterocycles. The molecule has 5 heteroatoms. The molecule has 1 unspecified atom stereocenters. The molecule has 0 aliphatic heterocycles. The SMILES string of the molecule is CC(C)CNCC(Cc1cn(C)nn1)c1ccc(Cl)cc1. The van der Waals surface area contributed by atoms with Crippen LogP contribution in [0.5, 0.6) is 0 Å². The monoisotopic (exact) mass is 306 g/mol. The van der Waals surface area contributed by atoms with Gasteiger partial charge < -0.3 is 5.32 Å². The largest absolute Gasteiger partial charge is 0.316 e. The van der Waals surface area contributed by atoms with Crippen LogP contribution in [-0.4, -0.2) is 28.1 Å². The van der Waals surface area contributed by atoms with E-state index < -0.39 is 0 Å². The molecule has 114 valence electrons. The fourth-order valence-corrected chi connectivity index (χ4v) is 2.46. The van der Waals surface area contributed by atoms with Gasteiger partial charge in [0, 0.05) is 37.2 Å². The van der Waals surface area contributed by atoms with Crippen molar-refractivity contribution in [3.05, 3.63) is 46.7 Å². The van der Waals surface area contributed by atoms with Gasteiger partial charge in [-0.2, -0.15) is 0 Å². The van der Waals surface area contributed by atoms with Crippen LogP contribution in [0.4, 0.5) is 0 Å². The summed E-state index contributed by atoms with van der Waals surface area (Å²) in [5.41, 5.74) is 2.30. The van der Waals surface area contributed by atoms with Gasteiger partial charge in [-0.3, -0.25) is 4.68 Å². The van der Waals surface area contributed by atoms with Gasteiger partial charge >= 0.3 is 0 Å². The summed E-state index contributed by atoms with van der Waals surface area (Å²) in [5, 5.41) is 12.5. The Morgan fingerprint density at radius 2 is 1.90 bits per heavy atom. The number of nitrogens with zero attached hydrogens (tertiary/aromatic N) is 3. The molecule has 0 amide bonds. The van der Waals surface area contributed by atoms with E-state index in [2.05, 4.69) is 41.6 Å². The lowest BCUT2D eigenvalue weighted by atomic mass is 9.94. The molecule has 0 fully saturated rings. The highest BCUT2D eigenvalue weighted by molar-refractivity contribution is 6.30. The third kappa shape index (κ3) is 5.14. The van der Waals surface area contributed by atoms with Crippen LogP contribution in [0.25, 0.3) is 0 Å². The Kier molecular flexibility index (Phi) is 5.76. The minimum atomic E-state index is 0.373. The first-order chi connectivity index (χ1) is 10.0. The third-order valence-electron chi connectivity index (χ3n) is 3.39. The Balaban J connectivity index is 2.07. The molecule has 0 bridgehead atoms. The van der Waals surface area contributed by atoms with Crippen molar-refractivity contribution < 1.29 is 0 Å². The molecule has 21 heavy (non-hydrogen) atoms. The molecule has 1 atom stereocenters. The standard InChI is InChI=1S/C16H23ClN4/c1-12(2)9-18-10-14(8-16-11-21(3)20-19-16)13-4-6-15(17)7-5-13/h4-7,11-12,14,18H,8-10H2,1-3H3. The highest BCUT2D eigenvalue weighted by Gasteiger charge is 2.14. The minimum Gasteiger partial charge on any atom is -0.316 e. The fraction of sp³-hybridized carbons (Fsp3) is 0.500. The second-order valence-electron chi connectivity index (χ2n) is 5.89. The summed E-state index contributed by atoms with van der Waals surface area (Å²) in [6.45, 7) is 6.38. The Labute approximate surface area is 131 Å². The average molecular weight is 307 g/mol. The predicted octanol–water partition coefficient (Wildman–Crippen LogP) is 3.04. The van der Waals surface area contributed by atoms with Crippen molar-refractivity contribution in [2.45, 2.75) is 26.2 Å². The van der Waals surface area contributed by atoms with Gasteiger partial charge in [-0.15, -0.1) is 5.10 Å². The maximum atomic E-state index is 5.98. The summed E-state index contributed by atoms with van der Waals surface area (Å²) >= 11 is 5.98. The third-order valence-corrected chi connectivity index (χ3v) is 3.64. The first kappa shape index (κ1) is 16.0. The van der Waals surface area contributed by atoms with Gasteiger partial charge in [0.25, 0.3) is 0 Å². The molecular formula is C16H23ClN4. The van der Waals surface area contributed by atoms with Crippen LogP contribution in [0.1, 0.15) is 31.0 Å². The van der Waals surface area contributed by atoms with E-state index in [4.69, 9.17) is 11.6 Å². The summed E-state index contributed by atoms with van der Waals surface area (Å²) in [5.74, 6) is 1.02. The molecule has 4 nitrogen and oxygen atoms in total. The Bertz CT molecular complexity index is 548. The molecule has 2 rings (SSSR count). The summed E-state index contributed by atoms with van der Waals surface area (Å²) in [4.78, 5) is 0. The van der Waals surface area contributed by atoms with Crippen LogP contribution in [0.2, 0.25) is 5.02 Å². The van der Waals surface area contributed by atoms with Crippen molar-refractivity contribution >= 4 is 11.6 Å². The Morgan fingerprint density at radius 3 is 2.48 bits per heavy atom. The van der Waals surface area contributed by atoms with Crippen LogP contribution >= 0.6 is 11.6 Å². The number of halogens is 1. The molecule has 0 aliphatic rings. The van der Waals surface area contributed by atoms with Gasteiger partial charge in [0.1, 0.15) is 0 Å². The maximum Gasteiger partial charge on any atom is 0.0833 e. The minimum absolute atomic E-state index is 0.373. The number of rotatable bonds is 7. The van der Waals surface area contributed by atoms with Crippen molar-refractivity contribution in [1.82, 2.24) is 20.3 Å². The molecule has 0 saturated heterocycles. The average Bonchev–Trinajstić information content (AvgIpc) is 2.84. The second-order valence-corrected chi connectivity index (χ2v) is 6.32. The van der Waals surface area contributed by atoms with Gasteiger partial charge in [0.2, 0.25) is 0 Å². The number of hydrogen-bond donors (Lipinski definition) is 1. The molecule has 1 aromatic heterocycles. The summed E-state index contributed by atoms with van der Waals surface area (Å²) < 4.78 is 1.75. The van der Waals surface area contributed by atoms with E-state index in [1.54, 1.807) is 4.68 Å². The molecular weight excluding hydrogens is 284 g/mol. The van der Waals surface area contributed by atoms with Crippen molar-refractivity contribution in [2.24, 2.45) is 13.0 Å². The molecule has 2 aromatic rings. The quantitative estimate of drug-likeness (QED) is 0.855. The van der Waals surface area contributed by atoms with E-state index in [-0.39, 0.29) is 0 Å². The lowest BCUT2D eigenvalue weighted by molar-refractivity contribution is 0.512. The molecule has 0 aliphatic carbocycles. The van der Waals surface area contributed by atoms with E-state index in [9.17, 15) is 0 Å². The second kappa shape index (κ2) is 7.57. The number of aryl methyl sites for hydroxylation is 1. The van der Waals surface area contributed by atoms with E-state index in [1.807, 2.05) is 25.4 Å². The summed E-state index contributed by atoms with van der Waals surface area (Å²) in [6.07, 6.45) is 2.85. The summed E-state index contributed by atoms with van der Waals surface area (Å²) in [7, 11) is 1.89. The zero-order chi connectivity index (χ0) is 15.2. The molecule has 1 aromatic carbocycles. The number of aromatic nitrogens is 3. The smallest absolute Gasteiger partial charge is 0.0833 e. The predicted molar refractivity (Wildman–Crippen MR) is 86.6 cm³/mol. The first-order valence-electron chi connectivity index (χ1n) is 7.36. The van der Waals surface area contributed by atoms with E-state index in [0.29, 0.717) is 11.8 Å². The van der Waals surface area contributed by atoms with Crippen molar-refractivity contribution in [2.75, 3.05) is 13.1 Å². The highest BCUT2D eigenvalue weighted by Crippen LogP contribution is 2.21. The molecule has 1 N–H and O–H groups in total. The van der Waals surface area contributed by atoms with Crippen LogP contribution in [0, 0.1) is 5.92 Å². The lowest BCUT2D eigenvalue weighted by Crippen LogP contribution is -2.26. The topological polar surface area (TPSA) is 42.7 Å². The van der Waals surface area contributed by atoms with E-state index in [1.165, 1.54) is 5.56 Å². The number of hydrogen-bond acceptors (Lipinski definition) is 3. The van der Waals surface area contributed by atoms with Crippen LogP contribution < -0.4 is 5.32 Å². The number of benzene rings is 1. The van der Waals surface area contributed by atoms with Gasteiger partial charge in [0.05, 0.1) is 5.69 Å². The fourth-order valence-electron chi connectivity index (χ4n) is 2.33. The zero-order valence-electron chi connectivity index (χ0n) is 12.9. The maximum absolute atomic E-state index is 5.98. The first-order valence-corrected chi connectivity index (χ1v) is 7.73. The molecule has 0 radical (unpaired) electrons. The molecule has 0 saturated carbocycles. The number of nitrogens with one attached hydrogen (secondary N) is 1. The Morgan fingerprint density at radius 1 is 1.19 bits per heavy atom. The van der Waals surface area contributed by atoms with Crippen molar-refractivity contribution in [3.63, 3.8) is 0 Å². The van der Waals surface area contributed by atoms with Gasteiger partial charge in [-0.05, 0) is 30.2 Å². The van der Waals surface area contributed by atoms with E-state index >= 15 is 0 Å². The van der Waals surface area contributed by atoms with Gasteiger partial charge in [-0.1, -0.05) is 42.8 Å². The zero-order valence-corrected chi connectivity index (χ0v) is 13.6. The van der Waals surface area contributed by atoms with Crippen molar-refractivity contribution in [1.29, 1.82) is 0 Å². The highest BCUT2D eigenvalue weighted by atomic mass is 35.5. The lowest BCUT2D eigenvalue weighted by Gasteiger charge is -2.18. The normalized spacial score (nSPS) is 12.8. The van der Waals surface area contributed by atoms with Crippen LogP contribution in [-0.2, 0) is 13.5 Å². The van der Waals surface area contributed by atoms with Crippen LogP contribution in [0.3, 0.4) is 0 Å². The van der Waals surface area contributed by atoms with E-state index in [0.717, 1.165) is 30.2 Å². The summed E-state index contributed by atoms with van der Waals surface area (Å²) in [6, 6.07) is 8.09. The van der Waals surface area contributed by atoms with Crippen LogP contribution in [0.15, 0.2) is 30.5 Å². The van der Waals surface area contributed by atoms with Gasteiger partial charge in [0.15, 0.2) is 0 Å². The Hall–Kier alpha value is -1.39. The van der Waals surface area contributed by atoms with Crippen molar-refractivity contribution in [3.8, 4) is 0 Å².